The molecule has 1 unspecified atom stereocenters. The predicted octanol–water partition coefficient (Wildman–Crippen LogP) is 4.06. The average molecular weight is 534 g/mol. The zero-order valence-corrected chi connectivity index (χ0v) is 21.6. The van der Waals surface area contributed by atoms with E-state index in [1.54, 1.807) is 12.0 Å². The second-order valence-corrected chi connectivity index (χ2v) is 12.0. The quantitative estimate of drug-likeness (QED) is 0.455. The van der Waals surface area contributed by atoms with Gasteiger partial charge < -0.3 is 9.47 Å². The summed E-state index contributed by atoms with van der Waals surface area (Å²) in [6, 6.07) is 10.4. The summed E-state index contributed by atoms with van der Waals surface area (Å²) < 4.78 is 52.7. The highest BCUT2D eigenvalue weighted by molar-refractivity contribution is 7.89. The molecule has 0 spiro atoms. The summed E-state index contributed by atoms with van der Waals surface area (Å²) in [5.74, 6) is -0.148. The topological polar surface area (TPSA) is 89.0 Å². The number of benzene rings is 2. The number of thiazole rings is 1. The Balaban J connectivity index is 1.34. The van der Waals surface area contributed by atoms with Gasteiger partial charge in [0, 0.05) is 25.6 Å². The molecule has 2 saturated heterocycles. The van der Waals surface area contributed by atoms with Gasteiger partial charge in [-0.25, -0.2) is 17.8 Å². The molecule has 0 N–H and O–H groups in total. The fraction of sp³-hybridized carbons (Fsp3) is 0.440. The van der Waals surface area contributed by atoms with Gasteiger partial charge in [-0.05, 0) is 68.1 Å². The third-order valence-corrected chi connectivity index (χ3v) is 9.70. The summed E-state index contributed by atoms with van der Waals surface area (Å²) in [6.45, 7) is 1.55. The normalized spacial score (nSPS) is 19.6. The molecule has 0 saturated carbocycles. The molecule has 11 heteroatoms. The number of ether oxygens (including phenoxy) is 2. The van der Waals surface area contributed by atoms with Gasteiger partial charge in [-0.1, -0.05) is 11.3 Å². The molecule has 0 aliphatic carbocycles. The van der Waals surface area contributed by atoms with Crippen LogP contribution in [0.5, 0.6) is 5.75 Å². The van der Waals surface area contributed by atoms with Crippen molar-refractivity contribution in [3.05, 3.63) is 48.3 Å². The van der Waals surface area contributed by atoms with Gasteiger partial charge in [0.25, 0.3) is 0 Å². The first-order chi connectivity index (χ1) is 17.3. The molecule has 0 bridgehead atoms. The Morgan fingerprint density at radius 1 is 1.19 bits per heavy atom. The van der Waals surface area contributed by atoms with Crippen LogP contribution < -0.4 is 9.64 Å². The molecule has 36 heavy (non-hydrogen) atoms. The van der Waals surface area contributed by atoms with E-state index < -0.39 is 15.8 Å². The molecule has 5 rings (SSSR count). The predicted molar refractivity (Wildman–Crippen MR) is 135 cm³/mol. The van der Waals surface area contributed by atoms with Gasteiger partial charge in [0.2, 0.25) is 15.9 Å². The molecule has 0 radical (unpaired) electrons. The maximum atomic E-state index is 13.8. The van der Waals surface area contributed by atoms with E-state index in [0.717, 1.165) is 40.9 Å². The second-order valence-electron chi connectivity index (χ2n) is 9.05. The highest BCUT2D eigenvalue weighted by Crippen LogP contribution is 2.34. The first kappa shape index (κ1) is 25.1. The Morgan fingerprint density at radius 2 is 1.94 bits per heavy atom. The summed E-state index contributed by atoms with van der Waals surface area (Å²) >= 11 is 1.44. The monoisotopic (exact) mass is 533 g/mol. The van der Waals surface area contributed by atoms with E-state index in [4.69, 9.17) is 14.5 Å². The summed E-state index contributed by atoms with van der Waals surface area (Å²) in [5, 5.41) is 0.611. The van der Waals surface area contributed by atoms with Gasteiger partial charge in [0.15, 0.2) is 5.13 Å². The number of hydrogen-bond acceptors (Lipinski definition) is 7. The van der Waals surface area contributed by atoms with E-state index in [-0.39, 0.29) is 35.9 Å². The fourth-order valence-electron chi connectivity index (χ4n) is 4.71. The molecule has 192 valence electrons. The number of carbonyl (C=O) groups excluding carboxylic acids is 1. The van der Waals surface area contributed by atoms with Crippen molar-refractivity contribution in [2.45, 2.75) is 36.7 Å². The third kappa shape index (κ3) is 5.10. The molecule has 2 aliphatic heterocycles. The van der Waals surface area contributed by atoms with E-state index in [1.807, 2.05) is 18.2 Å². The summed E-state index contributed by atoms with van der Waals surface area (Å²) in [4.78, 5) is 20.3. The van der Waals surface area contributed by atoms with Crippen LogP contribution in [0.4, 0.5) is 9.52 Å². The van der Waals surface area contributed by atoms with E-state index >= 15 is 0 Å². The van der Waals surface area contributed by atoms with Crippen molar-refractivity contribution in [2.24, 2.45) is 5.92 Å². The van der Waals surface area contributed by atoms with Crippen LogP contribution in [0.25, 0.3) is 10.2 Å². The van der Waals surface area contributed by atoms with E-state index in [0.29, 0.717) is 31.1 Å². The minimum Gasteiger partial charge on any atom is -0.497 e. The van der Waals surface area contributed by atoms with Crippen LogP contribution in [0.1, 0.15) is 25.7 Å². The van der Waals surface area contributed by atoms with Crippen molar-refractivity contribution < 1.29 is 27.1 Å². The molecule has 1 amide bonds. The number of fused-ring (bicyclic) bond motifs is 1. The van der Waals surface area contributed by atoms with Gasteiger partial charge >= 0.3 is 0 Å². The Kier molecular flexibility index (Phi) is 7.25. The fourth-order valence-corrected chi connectivity index (χ4v) is 7.19. The van der Waals surface area contributed by atoms with Crippen molar-refractivity contribution in [1.29, 1.82) is 0 Å². The minimum absolute atomic E-state index is 0.0468. The van der Waals surface area contributed by atoms with Crippen molar-refractivity contribution in [3.63, 3.8) is 0 Å². The van der Waals surface area contributed by atoms with Gasteiger partial charge in [-0.15, -0.1) is 0 Å². The van der Waals surface area contributed by atoms with E-state index in [9.17, 15) is 17.6 Å². The van der Waals surface area contributed by atoms with E-state index in [1.165, 1.54) is 27.8 Å². The lowest BCUT2D eigenvalue weighted by Gasteiger charge is -2.33. The lowest BCUT2D eigenvalue weighted by atomic mass is 9.96. The molecule has 3 aromatic rings. The molecular formula is C25H28FN3O5S2. The molecule has 1 atom stereocenters. The summed E-state index contributed by atoms with van der Waals surface area (Å²) in [6.07, 6.45) is 2.61. The molecular weight excluding hydrogens is 505 g/mol. The maximum absolute atomic E-state index is 13.8. The number of carbonyl (C=O) groups is 1. The first-order valence-electron chi connectivity index (χ1n) is 12.0. The Bertz CT molecular complexity index is 1330. The van der Waals surface area contributed by atoms with Crippen molar-refractivity contribution >= 4 is 42.6 Å². The molecule has 3 heterocycles. The number of nitrogens with zero attached hydrogens (tertiary/aromatic N) is 3. The van der Waals surface area contributed by atoms with Gasteiger partial charge in [-0.3, -0.25) is 9.69 Å². The Morgan fingerprint density at radius 3 is 2.61 bits per heavy atom. The number of sulfonamides is 1. The third-order valence-electron chi connectivity index (χ3n) is 6.75. The first-order valence-corrected chi connectivity index (χ1v) is 14.2. The highest BCUT2D eigenvalue weighted by atomic mass is 32.2. The number of halogens is 1. The largest absolute Gasteiger partial charge is 0.497 e. The molecule has 8 nitrogen and oxygen atoms in total. The van der Waals surface area contributed by atoms with Crippen LogP contribution in [0.3, 0.4) is 0 Å². The van der Waals surface area contributed by atoms with Crippen LogP contribution in [-0.2, 0) is 19.6 Å². The zero-order valence-electron chi connectivity index (χ0n) is 19.9. The van der Waals surface area contributed by atoms with Gasteiger partial charge in [0.1, 0.15) is 11.6 Å². The lowest BCUT2D eigenvalue weighted by molar-refractivity contribution is -0.123. The molecule has 2 aromatic carbocycles. The number of aromatic nitrogens is 1. The molecule has 1 aromatic heterocycles. The SMILES string of the molecule is COc1ccc2nc(N(CC3CCCO3)C(=O)C3CCN(S(=O)(=O)c4ccc(F)cc4)CC3)sc2c1. The number of anilines is 1. The minimum atomic E-state index is -3.74. The number of amides is 1. The molecule has 2 aliphatic rings. The highest BCUT2D eigenvalue weighted by Gasteiger charge is 2.36. The lowest BCUT2D eigenvalue weighted by Crippen LogP contribution is -2.46. The number of piperidine rings is 1. The van der Waals surface area contributed by atoms with Crippen LogP contribution in [0, 0.1) is 11.7 Å². The molecule has 2 fully saturated rings. The van der Waals surface area contributed by atoms with Crippen LogP contribution >= 0.6 is 11.3 Å². The number of rotatable bonds is 7. The van der Waals surface area contributed by atoms with Crippen LogP contribution in [0.2, 0.25) is 0 Å². The van der Waals surface area contributed by atoms with Crippen molar-refractivity contribution in [2.75, 3.05) is 38.3 Å². The standard InChI is InChI=1S/C25H28FN3O5S2/c1-33-19-6-9-22-23(15-19)35-25(27-22)29(16-20-3-2-14-34-20)24(30)17-10-12-28(13-11-17)36(31,32)21-7-4-18(26)5-8-21/h4-9,15,17,20H,2-3,10-14,16H2,1H3. The van der Waals surface area contributed by atoms with Crippen molar-refractivity contribution in [3.8, 4) is 5.75 Å². The van der Waals surface area contributed by atoms with Gasteiger partial charge in [0.05, 0.1) is 34.9 Å². The van der Waals surface area contributed by atoms with Crippen molar-refractivity contribution in [1.82, 2.24) is 9.29 Å². The zero-order chi connectivity index (χ0) is 25.3. The Hall–Kier alpha value is -2.60. The average Bonchev–Trinajstić information content (AvgIpc) is 3.56. The van der Waals surface area contributed by atoms with Crippen LogP contribution in [0.15, 0.2) is 47.4 Å². The van der Waals surface area contributed by atoms with Gasteiger partial charge in [-0.2, -0.15) is 4.31 Å². The smallest absolute Gasteiger partial charge is 0.243 e. The maximum Gasteiger partial charge on any atom is 0.243 e. The Labute approximate surface area is 213 Å². The number of hydrogen-bond donors (Lipinski definition) is 0. The van der Waals surface area contributed by atoms with Crippen LogP contribution in [-0.4, -0.2) is 63.1 Å². The van der Waals surface area contributed by atoms with E-state index in [2.05, 4.69) is 0 Å². The second kappa shape index (κ2) is 10.4. The number of methoxy groups -OCH3 is 1. The summed E-state index contributed by atoms with van der Waals surface area (Å²) in [5.41, 5.74) is 0.793. The summed E-state index contributed by atoms with van der Waals surface area (Å²) in [7, 11) is -2.13.